The molecular weight excluding hydrogens is 210 g/mol. The highest BCUT2D eigenvalue weighted by molar-refractivity contribution is 5.40. The van der Waals surface area contributed by atoms with Crippen molar-refractivity contribution in [1.29, 1.82) is 5.26 Å². The van der Waals surface area contributed by atoms with Crippen molar-refractivity contribution in [3.05, 3.63) is 35.4 Å². The van der Waals surface area contributed by atoms with E-state index in [-0.39, 0.29) is 5.54 Å². The third-order valence-corrected chi connectivity index (χ3v) is 4.01. The number of nitriles is 1. The van der Waals surface area contributed by atoms with Gasteiger partial charge in [-0.25, -0.2) is 0 Å². The summed E-state index contributed by atoms with van der Waals surface area (Å²) >= 11 is 0. The Hall–Kier alpha value is -1.37. The maximum Gasteiger partial charge on any atom is 0.117 e. The van der Waals surface area contributed by atoms with Crippen LogP contribution in [0.5, 0.6) is 0 Å². The summed E-state index contributed by atoms with van der Waals surface area (Å²) in [7, 11) is 0. The molecule has 0 saturated carbocycles. The summed E-state index contributed by atoms with van der Waals surface area (Å²) < 4.78 is 0. The molecule has 0 atom stereocenters. The van der Waals surface area contributed by atoms with Crippen molar-refractivity contribution in [2.45, 2.75) is 18.4 Å². The number of fused-ring (bicyclic) bond motifs is 1. The van der Waals surface area contributed by atoms with E-state index in [2.05, 4.69) is 40.6 Å². The van der Waals surface area contributed by atoms with Gasteiger partial charge in [-0.05, 0) is 11.1 Å². The van der Waals surface area contributed by atoms with E-state index in [1.165, 1.54) is 11.1 Å². The molecule has 2 aliphatic rings. The molecule has 17 heavy (non-hydrogen) atoms. The Morgan fingerprint density at radius 3 is 2.24 bits per heavy atom. The summed E-state index contributed by atoms with van der Waals surface area (Å²) in [6, 6.07) is 11.1. The number of nitrogens with zero attached hydrogens (tertiary/aromatic N) is 2. The number of rotatable bonds is 1. The maximum absolute atomic E-state index is 9.63. The molecule has 3 rings (SSSR count). The second kappa shape index (κ2) is 4.14. The van der Waals surface area contributed by atoms with Crippen LogP contribution in [0.15, 0.2) is 24.3 Å². The number of benzene rings is 1. The quantitative estimate of drug-likeness (QED) is 0.776. The maximum atomic E-state index is 9.63. The molecule has 1 N–H and O–H groups in total. The first-order valence-corrected chi connectivity index (χ1v) is 6.28. The van der Waals surface area contributed by atoms with Crippen LogP contribution in [0.4, 0.5) is 0 Å². The minimum Gasteiger partial charge on any atom is -0.314 e. The van der Waals surface area contributed by atoms with Gasteiger partial charge in [-0.3, -0.25) is 4.90 Å². The normalized spacial score (nSPS) is 23.0. The minimum absolute atomic E-state index is 0.286. The van der Waals surface area contributed by atoms with E-state index in [1.54, 1.807) is 0 Å². The van der Waals surface area contributed by atoms with Crippen molar-refractivity contribution in [2.75, 3.05) is 26.2 Å². The highest BCUT2D eigenvalue weighted by Crippen LogP contribution is 2.34. The van der Waals surface area contributed by atoms with Crippen LogP contribution >= 0.6 is 0 Å². The molecule has 1 aliphatic heterocycles. The third kappa shape index (κ3) is 1.74. The topological polar surface area (TPSA) is 39.1 Å². The van der Waals surface area contributed by atoms with Gasteiger partial charge in [0.1, 0.15) is 5.54 Å². The minimum atomic E-state index is -0.286. The smallest absolute Gasteiger partial charge is 0.117 e. The van der Waals surface area contributed by atoms with Crippen molar-refractivity contribution < 1.29 is 0 Å². The second-order valence-corrected chi connectivity index (χ2v) is 5.00. The first-order valence-electron chi connectivity index (χ1n) is 6.28. The summed E-state index contributed by atoms with van der Waals surface area (Å²) in [5, 5.41) is 13.0. The van der Waals surface area contributed by atoms with Gasteiger partial charge in [0.15, 0.2) is 0 Å². The van der Waals surface area contributed by atoms with E-state index in [1.807, 2.05) is 0 Å². The first kappa shape index (κ1) is 10.8. The Balaban J connectivity index is 1.89. The Bertz CT molecular complexity index is 430. The van der Waals surface area contributed by atoms with Crippen molar-refractivity contribution in [2.24, 2.45) is 0 Å². The monoisotopic (exact) mass is 227 g/mol. The van der Waals surface area contributed by atoms with Gasteiger partial charge in [0.25, 0.3) is 0 Å². The Labute approximate surface area is 102 Å². The summed E-state index contributed by atoms with van der Waals surface area (Å²) in [4.78, 5) is 2.36. The van der Waals surface area contributed by atoms with E-state index in [0.717, 1.165) is 39.0 Å². The fourth-order valence-corrected chi connectivity index (χ4v) is 3.06. The summed E-state index contributed by atoms with van der Waals surface area (Å²) in [6.07, 6.45) is 1.78. The molecule has 0 unspecified atom stereocenters. The van der Waals surface area contributed by atoms with Crippen LogP contribution in [0.1, 0.15) is 11.1 Å². The van der Waals surface area contributed by atoms with Gasteiger partial charge < -0.3 is 5.32 Å². The van der Waals surface area contributed by atoms with Crippen molar-refractivity contribution in [3.63, 3.8) is 0 Å². The Morgan fingerprint density at radius 2 is 1.71 bits per heavy atom. The zero-order chi connectivity index (χ0) is 11.7. The molecule has 0 aromatic heterocycles. The van der Waals surface area contributed by atoms with Crippen molar-refractivity contribution >= 4 is 0 Å². The molecule has 1 aromatic carbocycles. The molecule has 1 saturated heterocycles. The average Bonchev–Trinajstić information content (AvgIpc) is 2.79. The molecule has 0 bridgehead atoms. The van der Waals surface area contributed by atoms with Crippen LogP contribution in [0.25, 0.3) is 0 Å². The van der Waals surface area contributed by atoms with Crippen molar-refractivity contribution in [3.8, 4) is 6.07 Å². The standard InChI is InChI=1S/C14H17N3/c15-11-14(17-7-5-16-6-8-17)9-12-3-1-2-4-13(12)10-14/h1-4,16H,5-10H2. The van der Waals surface area contributed by atoms with Crippen molar-refractivity contribution in [1.82, 2.24) is 10.2 Å². The zero-order valence-corrected chi connectivity index (χ0v) is 9.95. The second-order valence-electron chi connectivity index (χ2n) is 5.00. The predicted molar refractivity (Wildman–Crippen MR) is 66.6 cm³/mol. The summed E-state index contributed by atoms with van der Waals surface area (Å²) in [5.74, 6) is 0. The molecule has 88 valence electrons. The van der Waals surface area contributed by atoms with Crippen LogP contribution in [0.3, 0.4) is 0 Å². The first-order chi connectivity index (χ1) is 8.34. The van der Waals surface area contributed by atoms with E-state index in [0.29, 0.717) is 0 Å². The SMILES string of the molecule is N#CC1(N2CCNCC2)Cc2ccccc2C1. The third-order valence-electron chi connectivity index (χ3n) is 4.01. The van der Waals surface area contributed by atoms with E-state index in [9.17, 15) is 5.26 Å². The number of piperazine rings is 1. The Kier molecular flexibility index (Phi) is 2.62. The molecule has 0 amide bonds. The lowest BCUT2D eigenvalue weighted by Crippen LogP contribution is -2.56. The molecular formula is C14H17N3. The van der Waals surface area contributed by atoms with Gasteiger partial charge in [-0.2, -0.15) is 5.26 Å². The molecule has 1 heterocycles. The highest BCUT2D eigenvalue weighted by Gasteiger charge is 2.42. The fourth-order valence-electron chi connectivity index (χ4n) is 3.06. The fraction of sp³-hybridized carbons (Fsp3) is 0.500. The van der Waals surface area contributed by atoms with E-state index in [4.69, 9.17) is 0 Å². The molecule has 1 fully saturated rings. The molecule has 3 nitrogen and oxygen atoms in total. The van der Waals surface area contributed by atoms with Gasteiger partial charge in [-0.15, -0.1) is 0 Å². The predicted octanol–water partition coefficient (Wildman–Crippen LogP) is 0.953. The van der Waals surface area contributed by atoms with Gasteiger partial charge in [0.05, 0.1) is 6.07 Å². The number of nitrogens with one attached hydrogen (secondary N) is 1. The van der Waals surface area contributed by atoms with Crippen LogP contribution in [-0.2, 0) is 12.8 Å². The Morgan fingerprint density at radius 1 is 1.12 bits per heavy atom. The van der Waals surface area contributed by atoms with Gasteiger partial charge in [0, 0.05) is 39.0 Å². The van der Waals surface area contributed by atoms with Gasteiger partial charge in [-0.1, -0.05) is 24.3 Å². The summed E-state index contributed by atoms with van der Waals surface area (Å²) in [5.41, 5.74) is 2.42. The zero-order valence-electron chi connectivity index (χ0n) is 9.95. The molecule has 1 aliphatic carbocycles. The van der Waals surface area contributed by atoms with Crippen LogP contribution in [0, 0.1) is 11.3 Å². The molecule has 1 aromatic rings. The van der Waals surface area contributed by atoms with E-state index < -0.39 is 0 Å². The van der Waals surface area contributed by atoms with E-state index >= 15 is 0 Å². The lowest BCUT2D eigenvalue weighted by atomic mass is 9.94. The number of hydrogen-bond donors (Lipinski definition) is 1. The molecule has 0 spiro atoms. The van der Waals surface area contributed by atoms with Crippen LogP contribution in [-0.4, -0.2) is 36.6 Å². The summed E-state index contributed by atoms with van der Waals surface area (Å²) in [6.45, 7) is 3.97. The molecule has 3 heteroatoms. The lowest BCUT2D eigenvalue weighted by molar-refractivity contribution is 0.126. The van der Waals surface area contributed by atoms with Crippen LogP contribution in [0.2, 0.25) is 0 Å². The van der Waals surface area contributed by atoms with Gasteiger partial charge in [0.2, 0.25) is 0 Å². The van der Waals surface area contributed by atoms with Gasteiger partial charge >= 0.3 is 0 Å². The number of hydrogen-bond acceptors (Lipinski definition) is 3. The lowest BCUT2D eigenvalue weighted by Gasteiger charge is -2.38. The average molecular weight is 227 g/mol. The molecule has 0 radical (unpaired) electrons. The largest absolute Gasteiger partial charge is 0.314 e. The van der Waals surface area contributed by atoms with Crippen LogP contribution < -0.4 is 5.32 Å². The highest BCUT2D eigenvalue weighted by atomic mass is 15.2.